The second kappa shape index (κ2) is 6.88. The number of nitrogens with zero attached hydrogens (tertiary/aromatic N) is 1. The number of nitrogens with one attached hydrogen (secondary N) is 1. The average Bonchev–Trinajstić information content (AvgIpc) is 3.36. The molecule has 8 nitrogen and oxygen atoms in total. The highest BCUT2D eigenvalue weighted by molar-refractivity contribution is 7.91. The minimum Gasteiger partial charge on any atom is -0.482 e. The maximum Gasteiger partial charge on any atom is 0.344 e. The molecule has 1 aromatic carbocycles. The van der Waals surface area contributed by atoms with Crippen LogP contribution in [0, 0.1) is 5.92 Å². The molecule has 0 aromatic heterocycles. The fraction of sp³-hybridized carbons (Fsp3) is 0.529. The van der Waals surface area contributed by atoms with E-state index in [1.807, 2.05) is 0 Å². The number of sulfonamides is 1. The number of hydrogen-bond acceptors (Lipinski definition) is 6. The molecule has 1 saturated heterocycles. The summed E-state index contributed by atoms with van der Waals surface area (Å²) in [7, 11) is -2.13. The van der Waals surface area contributed by atoms with E-state index in [0.29, 0.717) is 30.8 Å². The van der Waals surface area contributed by atoms with Crippen LogP contribution in [0.25, 0.3) is 0 Å². The molecule has 3 rings (SSSR count). The molecule has 0 spiro atoms. The lowest BCUT2D eigenvalue weighted by atomic mass is 10.2. The Kier molecular flexibility index (Phi) is 4.94. The van der Waals surface area contributed by atoms with Crippen molar-refractivity contribution in [3.05, 3.63) is 24.3 Å². The molecule has 1 aliphatic carbocycles. The molecule has 1 heterocycles. The van der Waals surface area contributed by atoms with Gasteiger partial charge in [-0.25, -0.2) is 17.5 Å². The van der Waals surface area contributed by atoms with Crippen LogP contribution in [-0.4, -0.2) is 56.2 Å². The predicted molar refractivity (Wildman–Crippen MR) is 94.2 cm³/mol. The molecule has 0 unspecified atom stereocenters. The van der Waals surface area contributed by atoms with Gasteiger partial charge in [0.1, 0.15) is 5.75 Å². The van der Waals surface area contributed by atoms with Crippen LogP contribution in [0.5, 0.6) is 5.75 Å². The maximum absolute atomic E-state index is 12.7. The van der Waals surface area contributed by atoms with Gasteiger partial charge in [0.2, 0.25) is 15.9 Å². The van der Waals surface area contributed by atoms with Crippen molar-refractivity contribution in [3.8, 4) is 5.75 Å². The molecular weight excluding hydrogens is 360 g/mol. The first-order valence-electron chi connectivity index (χ1n) is 8.47. The Morgan fingerprint density at radius 1 is 1.31 bits per heavy atom. The summed E-state index contributed by atoms with van der Waals surface area (Å²) >= 11 is 0. The molecule has 1 aliphatic heterocycles. The number of amides is 1. The summed E-state index contributed by atoms with van der Waals surface area (Å²) in [5, 5.41) is 2.69. The zero-order chi connectivity index (χ0) is 18.9. The van der Waals surface area contributed by atoms with E-state index in [4.69, 9.17) is 9.47 Å². The molecule has 26 heavy (non-hydrogen) atoms. The third kappa shape index (κ3) is 3.16. The molecule has 0 bridgehead atoms. The van der Waals surface area contributed by atoms with Gasteiger partial charge in [0.05, 0.1) is 6.61 Å². The molecule has 2 atom stereocenters. The first kappa shape index (κ1) is 18.7. The van der Waals surface area contributed by atoms with E-state index in [1.54, 1.807) is 31.2 Å². The number of anilines is 1. The van der Waals surface area contributed by atoms with E-state index in [0.717, 1.165) is 0 Å². The van der Waals surface area contributed by atoms with Crippen molar-refractivity contribution in [2.24, 2.45) is 5.92 Å². The van der Waals surface area contributed by atoms with Crippen LogP contribution in [-0.2, 0) is 24.3 Å². The fourth-order valence-corrected chi connectivity index (χ4v) is 5.44. The lowest BCUT2D eigenvalue weighted by Crippen LogP contribution is -2.50. The van der Waals surface area contributed by atoms with Crippen LogP contribution < -0.4 is 10.1 Å². The number of rotatable bonds is 6. The summed E-state index contributed by atoms with van der Waals surface area (Å²) in [6, 6.07) is 6.40. The highest BCUT2D eigenvalue weighted by Crippen LogP contribution is 2.56. The maximum atomic E-state index is 12.7. The number of carbonyl (C=O) groups excluding carboxylic acids is 2. The Labute approximate surface area is 152 Å². The smallest absolute Gasteiger partial charge is 0.344 e. The summed E-state index contributed by atoms with van der Waals surface area (Å²) in [4.78, 5) is 23.9. The lowest BCUT2D eigenvalue weighted by molar-refractivity contribution is -0.145. The number of fused-ring (bicyclic) bond motifs is 1. The van der Waals surface area contributed by atoms with E-state index in [-0.39, 0.29) is 19.1 Å². The van der Waals surface area contributed by atoms with Gasteiger partial charge in [0.25, 0.3) is 0 Å². The summed E-state index contributed by atoms with van der Waals surface area (Å²) in [6.07, 6.45) is 1.07. The number of benzene rings is 1. The van der Waals surface area contributed by atoms with Crippen molar-refractivity contribution in [2.45, 2.75) is 24.5 Å². The van der Waals surface area contributed by atoms with Crippen LogP contribution in [0.3, 0.4) is 0 Å². The van der Waals surface area contributed by atoms with Crippen LogP contribution in [0.2, 0.25) is 0 Å². The van der Waals surface area contributed by atoms with Gasteiger partial charge < -0.3 is 14.8 Å². The summed E-state index contributed by atoms with van der Waals surface area (Å²) in [5.41, 5.74) is 0.474. The lowest BCUT2D eigenvalue weighted by Gasteiger charge is -2.28. The second-order valence-electron chi connectivity index (χ2n) is 6.48. The summed E-state index contributed by atoms with van der Waals surface area (Å²) in [5.74, 6) is -0.621. The Balaban J connectivity index is 1.63. The van der Waals surface area contributed by atoms with Gasteiger partial charge in [0.15, 0.2) is 11.4 Å². The normalized spacial score (nSPS) is 26.5. The first-order chi connectivity index (χ1) is 12.3. The van der Waals surface area contributed by atoms with E-state index in [1.165, 1.54) is 11.4 Å². The molecule has 142 valence electrons. The van der Waals surface area contributed by atoms with E-state index in [2.05, 4.69) is 5.32 Å². The van der Waals surface area contributed by atoms with Crippen molar-refractivity contribution in [3.63, 3.8) is 0 Å². The number of carbonyl (C=O) groups is 2. The van der Waals surface area contributed by atoms with Crippen molar-refractivity contribution < 1.29 is 27.5 Å². The van der Waals surface area contributed by atoms with Crippen molar-refractivity contribution >= 4 is 27.6 Å². The van der Waals surface area contributed by atoms with Crippen molar-refractivity contribution in [1.82, 2.24) is 4.31 Å². The fourth-order valence-electron chi connectivity index (χ4n) is 3.31. The van der Waals surface area contributed by atoms with Gasteiger partial charge in [-0.05, 0) is 49.9 Å². The van der Waals surface area contributed by atoms with Gasteiger partial charge in [-0.3, -0.25) is 4.79 Å². The average molecular weight is 382 g/mol. The Morgan fingerprint density at radius 3 is 2.65 bits per heavy atom. The zero-order valence-electron chi connectivity index (χ0n) is 14.7. The van der Waals surface area contributed by atoms with Crippen LogP contribution >= 0.6 is 0 Å². The third-order valence-corrected chi connectivity index (χ3v) is 7.48. The van der Waals surface area contributed by atoms with Crippen molar-refractivity contribution in [2.75, 3.05) is 32.1 Å². The standard InChI is InChI=1S/C17H22N2O6S/c1-3-24-15(20)11-25-14-6-4-13(5-7-14)18-16(21)17-10-12(17)8-9-19(2)26(17,22)23/h4-7,12H,3,8-11H2,1-2H3,(H,18,21)/t12-,17+/m1/s1. The predicted octanol–water partition coefficient (Wildman–Crippen LogP) is 0.991. The molecule has 1 aromatic rings. The minimum absolute atomic E-state index is 0.115. The third-order valence-electron chi connectivity index (χ3n) is 4.87. The molecule has 1 saturated carbocycles. The van der Waals surface area contributed by atoms with E-state index >= 15 is 0 Å². The number of hydrogen-bond donors (Lipinski definition) is 1. The van der Waals surface area contributed by atoms with Gasteiger partial charge >= 0.3 is 5.97 Å². The topological polar surface area (TPSA) is 102 Å². The van der Waals surface area contributed by atoms with Crippen LogP contribution in [0.15, 0.2) is 24.3 Å². The van der Waals surface area contributed by atoms with Gasteiger partial charge in [-0.15, -0.1) is 0 Å². The van der Waals surface area contributed by atoms with Gasteiger partial charge in [-0.2, -0.15) is 0 Å². The minimum atomic E-state index is -3.63. The Hall–Kier alpha value is -2.13. The van der Waals surface area contributed by atoms with Crippen LogP contribution in [0.4, 0.5) is 5.69 Å². The molecule has 9 heteroatoms. The Bertz CT molecular complexity index is 807. The quantitative estimate of drug-likeness (QED) is 0.736. The largest absolute Gasteiger partial charge is 0.482 e. The van der Waals surface area contributed by atoms with E-state index in [9.17, 15) is 18.0 Å². The summed E-state index contributed by atoms with van der Waals surface area (Å²) in [6.45, 7) is 2.25. The molecule has 1 N–H and O–H groups in total. The number of ether oxygens (including phenoxy) is 2. The molecular formula is C17H22N2O6S. The first-order valence-corrected chi connectivity index (χ1v) is 9.91. The highest BCUT2D eigenvalue weighted by Gasteiger charge is 2.71. The molecule has 0 radical (unpaired) electrons. The monoisotopic (exact) mass is 382 g/mol. The Morgan fingerprint density at radius 2 is 2.00 bits per heavy atom. The SMILES string of the molecule is CCOC(=O)COc1ccc(NC(=O)[C@]23C[C@H]2CCN(C)S3(=O)=O)cc1. The van der Waals surface area contributed by atoms with Crippen LogP contribution in [0.1, 0.15) is 19.8 Å². The van der Waals surface area contributed by atoms with E-state index < -0.39 is 26.6 Å². The number of esters is 1. The molecule has 1 amide bonds. The zero-order valence-corrected chi connectivity index (χ0v) is 15.5. The summed E-state index contributed by atoms with van der Waals surface area (Å²) < 4.78 is 35.1. The van der Waals surface area contributed by atoms with Gasteiger partial charge in [-0.1, -0.05) is 0 Å². The second-order valence-corrected chi connectivity index (χ2v) is 8.78. The van der Waals surface area contributed by atoms with Crippen molar-refractivity contribution in [1.29, 1.82) is 0 Å². The molecule has 2 fully saturated rings. The highest BCUT2D eigenvalue weighted by atomic mass is 32.2. The van der Waals surface area contributed by atoms with Gasteiger partial charge in [0, 0.05) is 19.3 Å². The molecule has 2 aliphatic rings.